The first kappa shape index (κ1) is 21.1. The van der Waals surface area contributed by atoms with E-state index in [0.29, 0.717) is 36.2 Å². The maximum atomic E-state index is 12.7. The van der Waals surface area contributed by atoms with Gasteiger partial charge in [0.1, 0.15) is 23.3 Å². The Labute approximate surface area is 187 Å². The van der Waals surface area contributed by atoms with E-state index in [-0.39, 0.29) is 5.91 Å². The monoisotopic (exact) mass is 436 g/mol. The number of amides is 1. The standard InChI is InChI=1S/C23H25ClN6O/c1-16-7-8-25-20(13-16)28-21-15-22(27-17(2)26-21)29-9-11-30(12-10-29)23(31)14-18-3-5-19(24)6-4-18/h3-8,13,15H,9-12,14H2,1-2H3,(H,25,26,27,28). The summed E-state index contributed by atoms with van der Waals surface area (Å²) in [6, 6.07) is 13.3. The van der Waals surface area contributed by atoms with Crippen molar-refractivity contribution < 1.29 is 4.79 Å². The zero-order valence-corrected chi connectivity index (χ0v) is 18.4. The van der Waals surface area contributed by atoms with Crippen LogP contribution >= 0.6 is 11.6 Å². The van der Waals surface area contributed by atoms with Crippen LogP contribution in [0.5, 0.6) is 0 Å². The SMILES string of the molecule is Cc1ccnc(Nc2cc(N3CCN(C(=O)Cc4ccc(Cl)cc4)CC3)nc(C)n2)c1. The molecule has 8 heteroatoms. The van der Waals surface area contributed by atoms with Crippen molar-refractivity contribution >= 4 is 35.0 Å². The predicted octanol–water partition coefficient (Wildman–Crippen LogP) is 3.78. The topological polar surface area (TPSA) is 74.2 Å². The van der Waals surface area contributed by atoms with Gasteiger partial charge < -0.3 is 15.1 Å². The van der Waals surface area contributed by atoms with Crippen molar-refractivity contribution in [2.24, 2.45) is 0 Å². The van der Waals surface area contributed by atoms with Crippen LogP contribution < -0.4 is 10.2 Å². The number of nitrogens with one attached hydrogen (secondary N) is 1. The lowest BCUT2D eigenvalue weighted by atomic mass is 10.1. The Balaban J connectivity index is 1.38. The van der Waals surface area contributed by atoms with Gasteiger partial charge in [-0.05, 0) is 49.2 Å². The van der Waals surface area contributed by atoms with Gasteiger partial charge in [0.15, 0.2) is 0 Å². The van der Waals surface area contributed by atoms with Crippen LogP contribution in [-0.4, -0.2) is 51.9 Å². The van der Waals surface area contributed by atoms with Crippen LogP contribution in [0, 0.1) is 13.8 Å². The average Bonchev–Trinajstić information content (AvgIpc) is 2.75. The molecule has 0 spiro atoms. The molecule has 160 valence electrons. The summed E-state index contributed by atoms with van der Waals surface area (Å²) in [5.41, 5.74) is 2.10. The second kappa shape index (κ2) is 9.31. The van der Waals surface area contributed by atoms with E-state index >= 15 is 0 Å². The predicted molar refractivity (Wildman–Crippen MR) is 123 cm³/mol. The number of aryl methyl sites for hydroxylation is 2. The first-order valence-corrected chi connectivity index (χ1v) is 10.7. The molecule has 0 saturated carbocycles. The molecule has 1 aliphatic rings. The van der Waals surface area contributed by atoms with Crippen LogP contribution in [0.2, 0.25) is 5.02 Å². The van der Waals surface area contributed by atoms with Crippen molar-refractivity contribution in [1.29, 1.82) is 0 Å². The number of aromatic nitrogens is 3. The number of hydrogen-bond acceptors (Lipinski definition) is 6. The molecule has 0 atom stereocenters. The highest BCUT2D eigenvalue weighted by Crippen LogP contribution is 2.21. The van der Waals surface area contributed by atoms with E-state index in [2.05, 4.69) is 25.2 Å². The fourth-order valence-electron chi connectivity index (χ4n) is 3.59. The van der Waals surface area contributed by atoms with E-state index < -0.39 is 0 Å². The Kier molecular flexibility index (Phi) is 6.32. The molecule has 2 aromatic heterocycles. The Morgan fingerprint density at radius 1 is 1.00 bits per heavy atom. The van der Waals surface area contributed by atoms with Crippen LogP contribution in [0.1, 0.15) is 17.0 Å². The fraction of sp³-hybridized carbons (Fsp3) is 0.304. The highest BCUT2D eigenvalue weighted by atomic mass is 35.5. The summed E-state index contributed by atoms with van der Waals surface area (Å²) in [7, 11) is 0. The molecule has 1 saturated heterocycles. The number of rotatable bonds is 5. The summed E-state index contributed by atoms with van der Waals surface area (Å²) >= 11 is 5.93. The molecule has 1 fully saturated rings. The molecular weight excluding hydrogens is 412 g/mol. The second-order valence-electron chi connectivity index (χ2n) is 7.67. The van der Waals surface area contributed by atoms with Gasteiger partial charge in [-0.1, -0.05) is 23.7 Å². The maximum Gasteiger partial charge on any atom is 0.227 e. The molecule has 0 unspecified atom stereocenters. The Bertz CT molecular complexity index is 1060. The van der Waals surface area contributed by atoms with Gasteiger partial charge in [0.25, 0.3) is 0 Å². The zero-order chi connectivity index (χ0) is 21.8. The lowest BCUT2D eigenvalue weighted by molar-refractivity contribution is -0.130. The van der Waals surface area contributed by atoms with Gasteiger partial charge in [0, 0.05) is 43.5 Å². The summed E-state index contributed by atoms with van der Waals surface area (Å²) in [4.78, 5) is 30.2. The van der Waals surface area contributed by atoms with Crippen molar-refractivity contribution in [2.75, 3.05) is 36.4 Å². The highest BCUT2D eigenvalue weighted by Gasteiger charge is 2.22. The Hall–Kier alpha value is -3.19. The molecule has 0 bridgehead atoms. The van der Waals surface area contributed by atoms with E-state index in [1.165, 1.54) is 0 Å². The highest BCUT2D eigenvalue weighted by molar-refractivity contribution is 6.30. The number of carbonyl (C=O) groups excluding carboxylic acids is 1. The van der Waals surface area contributed by atoms with Gasteiger partial charge in [-0.25, -0.2) is 15.0 Å². The molecule has 0 radical (unpaired) electrons. The van der Waals surface area contributed by atoms with Crippen molar-refractivity contribution in [3.05, 3.63) is 70.6 Å². The number of piperazine rings is 1. The van der Waals surface area contributed by atoms with Gasteiger partial charge in [-0.2, -0.15) is 0 Å². The molecule has 7 nitrogen and oxygen atoms in total. The van der Waals surface area contributed by atoms with Gasteiger partial charge in [-0.15, -0.1) is 0 Å². The normalized spacial score (nSPS) is 13.9. The minimum Gasteiger partial charge on any atom is -0.353 e. The van der Waals surface area contributed by atoms with Crippen LogP contribution in [0.25, 0.3) is 0 Å². The summed E-state index contributed by atoms with van der Waals surface area (Å²) in [6.07, 6.45) is 2.16. The largest absolute Gasteiger partial charge is 0.353 e. The summed E-state index contributed by atoms with van der Waals surface area (Å²) < 4.78 is 0. The molecular formula is C23H25ClN6O. The van der Waals surface area contributed by atoms with Crippen molar-refractivity contribution in [3.63, 3.8) is 0 Å². The number of benzene rings is 1. The quantitative estimate of drug-likeness (QED) is 0.656. The molecule has 3 aromatic rings. The molecule has 3 heterocycles. The van der Waals surface area contributed by atoms with E-state index in [9.17, 15) is 4.79 Å². The van der Waals surface area contributed by atoms with Crippen LogP contribution in [0.4, 0.5) is 17.5 Å². The molecule has 4 rings (SSSR count). The summed E-state index contributed by atoms with van der Waals surface area (Å²) in [5.74, 6) is 3.14. The second-order valence-corrected chi connectivity index (χ2v) is 8.11. The van der Waals surface area contributed by atoms with Gasteiger partial charge in [0.2, 0.25) is 5.91 Å². The summed E-state index contributed by atoms with van der Waals surface area (Å²) in [6.45, 7) is 6.69. The molecule has 1 aliphatic heterocycles. The third-order valence-electron chi connectivity index (χ3n) is 5.22. The third kappa shape index (κ3) is 5.49. The van der Waals surface area contributed by atoms with Gasteiger partial charge in [-0.3, -0.25) is 4.79 Å². The van der Waals surface area contributed by atoms with E-state index in [1.54, 1.807) is 6.20 Å². The van der Waals surface area contributed by atoms with E-state index in [4.69, 9.17) is 11.6 Å². The number of anilines is 3. The van der Waals surface area contributed by atoms with Crippen molar-refractivity contribution in [2.45, 2.75) is 20.3 Å². The first-order chi connectivity index (χ1) is 15.0. The summed E-state index contributed by atoms with van der Waals surface area (Å²) in [5, 5.41) is 3.94. The third-order valence-corrected chi connectivity index (χ3v) is 5.47. The molecule has 1 N–H and O–H groups in total. The fourth-order valence-corrected chi connectivity index (χ4v) is 3.71. The number of carbonyl (C=O) groups is 1. The molecule has 0 aliphatic carbocycles. The minimum absolute atomic E-state index is 0.133. The number of pyridine rings is 1. The lowest BCUT2D eigenvalue weighted by Gasteiger charge is -2.35. The van der Waals surface area contributed by atoms with Crippen molar-refractivity contribution in [3.8, 4) is 0 Å². The van der Waals surface area contributed by atoms with Gasteiger partial charge in [0.05, 0.1) is 6.42 Å². The van der Waals surface area contributed by atoms with E-state index in [0.717, 1.165) is 35.9 Å². The average molecular weight is 437 g/mol. The lowest BCUT2D eigenvalue weighted by Crippen LogP contribution is -2.49. The first-order valence-electron chi connectivity index (χ1n) is 10.3. The van der Waals surface area contributed by atoms with Gasteiger partial charge >= 0.3 is 0 Å². The van der Waals surface area contributed by atoms with E-state index in [1.807, 2.05) is 61.2 Å². The van der Waals surface area contributed by atoms with Crippen LogP contribution in [-0.2, 0) is 11.2 Å². The number of nitrogens with zero attached hydrogens (tertiary/aromatic N) is 5. The maximum absolute atomic E-state index is 12.7. The van der Waals surface area contributed by atoms with Crippen LogP contribution in [0.15, 0.2) is 48.7 Å². The minimum atomic E-state index is 0.133. The molecule has 1 aromatic carbocycles. The number of halogens is 1. The molecule has 1 amide bonds. The Morgan fingerprint density at radius 2 is 1.74 bits per heavy atom. The number of hydrogen-bond donors (Lipinski definition) is 1. The molecule has 31 heavy (non-hydrogen) atoms. The Morgan fingerprint density at radius 3 is 2.45 bits per heavy atom. The zero-order valence-electron chi connectivity index (χ0n) is 17.7. The van der Waals surface area contributed by atoms with Crippen LogP contribution in [0.3, 0.4) is 0 Å². The van der Waals surface area contributed by atoms with Crippen molar-refractivity contribution in [1.82, 2.24) is 19.9 Å². The smallest absolute Gasteiger partial charge is 0.227 e.